The lowest BCUT2D eigenvalue weighted by Crippen LogP contribution is -2.29. The van der Waals surface area contributed by atoms with Crippen molar-refractivity contribution in [2.75, 3.05) is 13.1 Å². The van der Waals surface area contributed by atoms with Crippen LogP contribution in [-0.2, 0) is 0 Å². The second-order valence-corrected chi connectivity index (χ2v) is 3.88. The van der Waals surface area contributed by atoms with E-state index in [1.54, 1.807) is 0 Å². The number of amides is 1. The van der Waals surface area contributed by atoms with E-state index in [1.165, 1.54) is 0 Å². The fourth-order valence-electron chi connectivity index (χ4n) is 1.13. The molecule has 0 unspecified atom stereocenters. The maximum Gasteiger partial charge on any atom is 0.271 e. The van der Waals surface area contributed by atoms with Crippen molar-refractivity contribution in [3.05, 3.63) is 37.9 Å². The number of carbonyl (C=O) groups is 1. The Morgan fingerprint density at radius 2 is 2.12 bits per heavy atom. The highest BCUT2D eigenvalue weighted by atomic mass is 35.5. The lowest BCUT2D eigenvalue weighted by molar-refractivity contribution is -0.384. The molecule has 92 valence electrons. The Hall–Kier alpha value is -1.37. The number of nitrogens with two attached hydrogens (primary N) is 1. The first-order chi connectivity index (χ1) is 7.97. The summed E-state index contributed by atoms with van der Waals surface area (Å²) in [5.74, 6) is -0.550. The number of nitro benzene ring substituents is 1. The molecule has 0 radical (unpaired) electrons. The summed E-state index contributed by atoms with van der Waals surface area (Å²) >= 11 is 11.5. The van der Waals surface area contributed by atoms with Crippen LogP contribution in [0.4, 0.5) is 5.69 Å². The molecule has 3 N–H and O–H groups in total. The molecule has 0 saturated heterocycles. The number of hydrogen-bond donors (Lipinski definition) is 2. The number of halogens is 2. The summed E-state index contributed by atoms with van der Waals surface area (Å²) in [5.41, 5.74) is 4.88. The molecule has 0 aliphatic carbocycles. The van der Waals surface area contributed by atoms with Gasteiger partial charge in [0.2, 0.25) is 0 Å². The number of nitro groups is 1. The number of hydrogen-bond acceptors (Lipinski definition) is 4. The Kier molecular flexibility index (Phi) is 4.68. The zero-order valence-electron chi connectivity index (χ0n) is 8.57. The molecule has 0 spiro atoms. The third-order valence-corrected chi connectivity index (χ3v) is 2.70. The minimum atomic E-state index is -0.651. The van der Waals surface area contributed by atoms with Crippen LogP contribution in [0, 0.1) is 10.1 Å². The van der Waals surface area contributed by atoms with Gasteiger partial charge < -0.3 is 11.1 Å². The molecule has 0 bridgehead atoms. The van der Waals surface area contributed by atoms with E-state index in [0.717, 1.165) is 12.1 Å². The molecule has 0 aromatic heterocycles. The average molecular weight is 278 g/mol. The van der Waals surface area contributed by atoms with E-state index in [2.05, 4.69) is 5.32 Å². The van der Waals surface area contributed by atoms with Crippen LogP contribution in [0.25, 0.3) is 0 Å². The lowest BCUT2D eigenvalue weighted by atomic mass is 10.2. The Morgan fingerprint density at radius 1 is 1.47 bits per heavy atom. The zero-order chi connectivity index (χ0) is 13.0. The second-order valence-electron chi connectivity index (χ2n) is 3.09. The largest absolute Gasteiger partial charge is 0.351 e. The predicted molar refractivity (Wildman–Crippen MR) is 64.5 cm³/mol. The van der Waals surface area contributed by atoms with Crippen LogP contribution >= 0.6 is 23.2 Å². The molecule has 0 saturated carbocycles. The minimum Gasteiger partial charge on any atom is -0.351 e. The van der Waals surface area contributed by atoms with Crippen LogP contribution in [-0.4, -0.2) is 23.9 Å². The van der Waals surface area contributed by atoms with Gasteiger partial charge in [-0.2, -0.15) is 0 Å². The normalized spacial score (nSPS) is 10.1. The molecular formula is C9H9Cl2N3O3. The van der Waals surface area contributed by atoms with E-state index in [9.17, 15) is 14.9 Å². The minimum absolute atomic E-state index is 0.0215. The second kappa shape index (κ2) is 5.81. The van der Waals surface area contributed by atoms with Gasteiger partial charge in [0.1, 0.15) is 0 Å². The Balaban J connectivity index is 3.13. The third kappa shape index (κ3) is 3.29. The number of rotatable bonds is 4. The fourth-order valence-corrected chi connectivity index (χ4v) is 1.53. The van der Waals surface area contributed by atoms with Crippen molar-refractivity contribution in [1.29, 1.82) is 0 Å². The highest BCUT2D eigenvalue weighted by Crippen LogP contribution is 2.30. The molecule has 0 heterocycles. The molecule has 0 aliphatic heterocycles. The van der Waals surface area contributed by atoms with Gasteiger partial charge in [-0.25, -0.2) is 0 Å². The number of nitrogens with zero attached hydrogens (tertiary/aromatic N) is 1. The fraction of sp³-hybridized carbons (Fsp3) is 0.222. The van der Waals surface area contributed by atoms with Crippen molar-refractivity contribution >= 4 is 34.8 Å². The van der Waals surface area contributed by atoms with E-state index >= 15 is 0 Å². The van der Waals surface area contributed by atoms with Gasteiger partial charge in [0.05, 0.1) is 20.5 Å². The van der Waals surface area contributed by atoms with Crippen LogP contribution in [0.3, 0.4) is 0 Å². The summed E-state index contributed by atoms with van der Waals surface area (Å²) in [6, 6.07) is 2.16. The summed E-state index contributed by atoms with van der Waals surface area (Å²) in [4.78, 5) is 21.6. The van der Waals surface area contributed by atoms with Crippen molar-refractivity contribution in [3.8, 4) is 0 Å². The number of carbonyl (C=O) groups excluding carboxylic acids is 1. The topological polar surface area (TPSA) is 98.3 Å². The Morgan fingerprint density at radius 3 is 2.65 bits per heavy atom. The highest BCUT2D eigenvalue weighted by Gasteiger charge is 2.18. The standard InChI is InChI=1S/C9H9Cl2N3O3/c10-7-4-5(14(16)17)3-6(8(7)11)9(15)13-2-1-12/h3-4H,1-2,12H2,(H,13,15). The van der Waals surface area contributed by atoms with Gasteiger partial charge in [-0.3, -0.25) is 14.9 Å². The molecular weight excluding hydrogens is 269 g/mol. The summed E-state index contributed by atoms with van der Waals surface area (Å²) in [5, 5.41) is 13.0. The quantitative estimate of drug-likeness (QED) is 0.645. The molecule has 1 aromatic rings. The van der Waals surface area contributed by atoms with Gasteiger partial charge in [-0.1, -0.05) is 23.2 Å². The molecule has 0 fully saturated rings. The molecule has 1 rings (SSSR count). The smallest absolute Gasteiger partial charge is 0.271 e. The maximum atomic E-state index is 11.6. The Labute approximate surface area is 107 Å². The summed E-state index contributed by atoms with van der Waals surface area (Å²) < 4.78 is 0. The van der Waals surface area contributed by atoms with Crippen molar-refractivity contribution < 1.29 is 9.72 Å². The molecule has 6 nitrogen and oxygen atoms in total. The first-order valence-electron chi connectivity index (χ1n) is 4.59. The van der Waals surface area contributed by atoms with Gasteiger partial charge in [0.15, 0.2) is 0 Å². The van der Waals surface area contributed by atoms with E-state index < -0.39 is 10.8 Å². The molecule has 1 amide bonds. The summed E-state index contributed by atoms with van der Waals surface area (Å²) in [6.07, 6.45) is 0. The van der Waals surface area contributed by atoms with Crippen LogP contribution in [0.5, 0.6) is 0 Å². The van der Waals surface area contributed by atoms with Gasteiger partial charge in [0, 0.05) is 25.2 Å². The SMILES string of the molecule is NCCNC(=O)c1cc([N+](=O)[O-])cc(Cl)c1Cl. The van der Waals surface area contributed by atoms with E-state index in [4.69, 9.17) is 28.9 Å². The zero-order valence-corrected chi connectivity index (χ0v) is 10.1. The van der Waals surface area contributed by atoms with E-state index in [0.29, 0.717) is 0 Å². The molecule has 0 atom stereocenters. The van der Waals surface area contributed by atoms with Crippen LogP contribution in [0.1, 0.15) is 10.4 Å². The molecule has 17 heavy (non-hydrogen) atoms. The van der Waals surface area contributed by atoms with Crippen molar-refractivity contribution in [3.63, 3.8) is 0 Å². The predicted octanol–water partition coefficient (Wildman–Crippen LogP) is 1.59. The van der Waals surface area contributed by atoms with Crippen molar-refractivity contribution in [2.24, 2.45) is 5.73 Å². The van der Waals surface area contributed by atoms with Gasteiger partial charge in [-0.05, 0) is 0 Å². The first kappa shape index (κ1) is 13.7. The summed E-state index contributed by atoms with van der Waals surface area (Å²) in [7, 11) is 0. The lowest BCUT2D eigenvalue weighted by Gasteiger charge is -2.06. The summed E-state index contributed by atoms with van der Waals surface area (Å²) in [6.45, 7) is 0.501. The maximum absolute atomic E-state index is 11.6. The average Bonchev–Trinajstić information content (AvgIpc) is 2.29. The van der Waals surface area contributed by atoms with Gasteiger partial charge in [0.25, 0.3) is 11.6 Å². The van der Waals surface area contributed by atoms with Crippen molar-refractivity contribution in [1.82, 2.24) is 5.32 Å². The number of nitrogens with one attached hydrogen (secondary N) is 1. The van der Waals surface area contributed by atoms with Crippen LogP contribution in [0.15, 0.2) is 12.1 Å². The molecule has 8 heteroatoms. The Bertz CT molecular complexity index is 465. The van der Waals surface area contributed by atoms with Gasteiger partial charge in [-0.15, -0.1) is 0 Å². The first-order valence-corrected chi connectivity index (χ1v) is 5.34. The van der Waals surface area contributed by atoms with E-state index in [1.807, 2.05) is 0 Å². The number of non-ortho nitro benzene ring substituents is 1. The highest BCUT2D eigenvalue weighted by molar-refractivity contribution is 6.44. The monoisotopic (exact) mass is 277 g/mol. The molecule has 0 aliphatic rings. The van der Waals surface area contributed by atoms with Crippen molar-refractivity contribution in [2.45, 2.75) is 0 Å². The third-order valence-electron chi connectivity index (χ3n) is 1.90. The van der Waals surface area contributed by atoms with Gasteiger partial charge >= 0.3 is 0 Å². The van der Waals surface area contributed by atoms with Crippen LogP contribution < -0.4 is 11.1 Å². The van der Waals surface area contributed by atoms with Crippen LogP contribution in [0.2, 0.25) is 10.0 Å². The molecule has 1 aromatic carbocycles. The van der Waals surface area contributed by atoms with E-state index in [-0.39, 0.29) is 34.4 Å². The number of benzene rings is 1.